The highest BCUT2D eigenvalue weighted by atomic mass is 19.4. The van der Waals surface area contributed by atoms with Crippen LogP contribution in [0.4, 0.5) is 13.2 Å². The van der Waals surface area contributed by atoms with Gasteiger partial charge in [0.25, 0.3) is 0 Å². The van der Waals surface area contributed by atoms with Crippen LogP contribution in [0.1, 0.15) is 5.56 Å². The number of halogens is 3. The van der Waals surface area contributed by atoms with E-state index in [1.54, 1.807) is 19.1 Å². The highest BCUT2D eigenvalue weighted by Crippen LogP contribution is 2.45. The number of aryl methyl sites for hydroxylation is 1. The average molecular weight is 482 g/mol. The van der Waals surface area contributed by atoms with Crippen LogP contribution in [0.2, 0.25) is 0 Å². The van der Waals surface area contributed by atoms with Gasteiger partial charge in [-0.1, -0.05) is 25.3 Å². The van der Waals surface area contributed by atoms with Gasteiger partial charge in [0.15, 0.2) is 11.3 Å². The number of fused-ring (bicyclic) bond motifs is 3. The third-order valence-electron chi connectivity index (χ3n) is 5.11. The molecule has 6 nitrogen and oxygen atoms in total. The van der Waals surface area contributed by atoms with Crippen molar-refractivity contribution < 1.29 is 41.4 Å². The number of furan rings is 1. The van der Waals surface area contributed by atoms with Crippen molar-refractivity contribution in [2.24, 2.45) is 0 Å². The second kappa shape index (κ2) is 9.02. The Morgan fingerprint density at radius 2 is 1.46 bits per heavy atom. The Labute approximate surface area is 196 Å². The molecule has 178 valence electrons. The van der Waals surface area contributed by atoms with E-state index in [0.29, 0.717) is 21.9 Å². The minimum Gasteiger partial charge on any atom is -0.452 e. The predicted molar refractivity (Wildman–Crippen MR) is 122 cm³/mol. The molecule has 0 atom stereocenters. The van der Waals surface area contributed by atoms with Crippen molar-refractivity contribution in [2.75, 3.05) is 0 Å². The Morgan fingerprint density at radius 1 is 0.857 bits per heavy atom. The summed E-state index contributed by atoms with van der Waals surface area (Å²) in [6.45, 7) is 8.26. The molecule has 0 aliphatic heterocycles. The smallest absolute Gasteiger partial charge is 0.452 e. The van der Waals surface area contributed by atoms with Crippen molar-refractivity contribution in [3.05, 3.63) is 79.4 Å². The molecule has 0 radical (unpaired) electrons. The Morgan fingerprint density at radius 3 is 2.09 bits per heavy atom. The zero-order valence-corrected chi connectivity index (χ0v) is 18.3. The van der Waals surface area contributed by atoms with Crippen LogP contribution in [0.25, 0.3) is 33.1 Å². The van der Waals surface area contributed by atoms with Crippen molar-refractivity contribution in [1.82, 2.24) is 0 Å². The normalized spacial score (nSPS) is 11.3. The van der Waals surface area contributed by atoms with Crippen LogP contribution in [0.15, 0.2) is 78.3 Å². The van der Waals surface area contributed by atoms with Gasteiger partial charge in [-0.2, -0.15) is 0 Å². The van der Waals surface area contributed by atoms with E-state index in [-0.39, 0.29) is 28.2 Å². The average Bonchev–Trinajstić information content (AvgIpc) is 3.20. The first-order valence-corrected chi connectivity index (χ1v) is 10.1. The molecule has 0 saturated heterocycles. The van der Waals surface area contributed by atoms with Gasteiger partial charge in [0, 0.05) is 34.1 Å². The number of carbonyl (C=O) groups is 2. The van der Waals surface area contributed by atoms with Gasteiger partial charge < -0.3 is 18.6 Å². The van der Waals surface area contributed by atoms with E-state index in [1.807, 2.05) is 0 Å². The highest BCUT2D eigenvalue weighted by Gasteiger charge is 2.34. The first kappa shape index (κ1) is 23.6. The van der Waals surface area contributed by atoms with Crippen molar-refractivity contribution >= 4 is 33.9 Å². The summed E-state index contributed by atoms with van der Waals surface area (Å²) in [5.74, 6) is -1.51. The van der Waals surface area contributed by atoms with Crippen molar-refractivity contribution in [2.45, 2.75) is 13.3 Å². The van der Waals surface area contributed by atoms with Gasteiger partial charge in [-0.25, -0.2) is 9.59 Å². The lowest BCUT2D eigenvalue weighted by atomic mass is 10.0. The summed E-state index contributed by atoms with van der Waals surface area (Å²) in [5.41, 5.74) is 0.994. The van der Waals surface area contributed by atoms with Crippen LogP contribution < -0.4 is 14.2 Å². The van der Waals surface area contributed by atoms with Crippen LogP contribution >= 0.6 is 0 Å². The molecule has 1 heterocycles. The first-order chi connectivity index (χ1) is 16.6. The zero-order valence-electron chi connectivity index (χ0n) is 18.3. The van der Waals surface area contributed by atoms with Gasteiger partial charge in [0.2, 0.25) is 0 Å². The maximum Gasteiger partial charge on any atom is 0.573 e. The zero-order chi connectivity index (χ0) is 25.3. The molecular weight excluding hydrogens is 465 g/mol. The number of alkyl halides is 3. The van der Waals surface area contributed by atoms with E-state index in [1.165, 1.54) is 36.4 Å². The summed E-state index contributed by atoms with van der Waals surface area (Å²) in [6.07, 6.45) is -3.01. The van der Waals surface area contributed by atoms with E-state index >= 15 is 0 Å². The third kappa shape index (κ3) is 4.74. The second-order valence-corrected chi connectivity index (χ2v) is 7.31. The Balaban J connectivity index is 1.89. The van der Waals surface area contributed by atoms with Crippen LogP contribution in [0, 0.1) is 6.92 Å². The predicted octanol–water partition coefficient (Wildman–Crippen LogP) is 6.64. The molecule has 0 amide bonds. The van der Waals surface area contributed by atoms with Gasteiger partial charge in [0.05, 0.1) is 0 Å². The van der Waals surface area contributed by atoms with Crippen molar-refractivity contribution in [3.8, 4) is 28.4 Å². The quantitative estimate of drug-likeness (QED) is 0.174. The van der Waals surface area contributed by atoms with E-state index in [4.69, 9.17) is 13.9 Å². The standard InChI is InChI=1S/C26H17F3O6/c1-4-21(30)32-16-8-6-15(7-9-16)17-10-11-19-18-12-13-20(33-22(31)5-2)14(3)23(18)34-24(19)25(17)35-26(27,28)29/h4-13H,1-2H2,3H3. The van der Waals surface area contributed by atoms with Crippen molar-refractivity contribution in [1.29, 1.82) is 0 Å². The minimum absolute atomic E-state index is 0.103. The fourth-order valence-electron chi connectivity index (χ4n) is 3.56. The number of hydrogen-bond donors (Lipinski definition) is 0. The summed E-state index contributed by atoms with van der Waals surface area (Å²) in [4.78, 5) is 23.0. The molecular formula is C26H17F3O6. The molecule has 9 heteroatoms. The van der Waals surface area contributed by atoms with Crippen LogP contribution in [-0.4, -0.2) is 18.3 Å². The molecule has 0 aliphatic carbocycles. The molecule has 0 spiro atoms. The fraction of sp³-hybridized carbons (Fsp3) is 0.0769. The SMILES string of the molecule is C=CC(=O)Oc1ccc(-c2ccc3c(oc4c(C)c(OC(=O)C=C)ccc43)c2OC(F)(F)F)cc1. The number of esters is 2. The molecule has 0 fully saturated rings. The second-order valence-electron chi connectivity index (χ2n) is 7.31. The van der Waals surface area contributed by atoms with Gasteiger partial charge in [-0.3, -0.25) is 0 Å². The Kier molecular flexibility index (Phi) is 6.09. The maximum atomic E-state index is 13.4. The maximum absolute atomic E-state index is 13.4. The van der Waals surface area contributed by atoms with E-state index < -0.39 is 24.1 Å². The molecule has 4 rings (SSSR count). The lowest BCUT2D eigenvalue weighted by molar-refractivity contribution is -0.274. The van der Waals surface area contributed by atoms with Gasteiger partial charge >= 0.3 is 18.3 Å². The number of ether oxygens (including phenoxy) is 3. The molecule has 0 saturated carbocycles. The lowest BCUT2D eigenvalue weighted by Gasteiger charge is -2.14. The number of rotatable bonds is 6. The number of carbonyl (C=O) groups excluding carboxylic acids is 2. The largest absolute Gasteiger partial charge is 0.573 e. The number of hydrogen-bond acceptors (Lipinski definition) is 6. The molecule has 0 aliphatic rings. The Hall–Kier alpha value is -4.53. The van der Waals surface area contributed by atoms with Crippen molar-refractivity contribution in [3.63, 3.8) is 0 Å². The highest BCUT2D eigenvalue weighted by molar-refractivity contribution is 6.10. The first-order valence-electron chi connectivity index (χ1n) is 10.1. The summed E-state index contributed by atoms with van der Waals surface area (Å²) in [5, 5.41) is 0.894. The minimum atomic E-state index is -5.00. The topological polar surface area (TPSA) is 75.0 Å². The fourth-order valence-corrected chi connectivity index (χ4v) is 3.56. The summed E-state index contributed by atoms with van der Waals surface area (Å²) >= 11 is 0. The molecule has 1 aromatic heterocycles. The van der Waals surface area contributed by atoms with Gasteiger partial charge in [0.1, 0.15) is 17.1 Å². The monoisotopic (exact) mass is 482 g/mol. The molecule has 0 unspecified atom stereocenters. The lowest BCUT2D eigenvalue weighted by Crippen LogP contribution is -2.17. The van der Waals surface area contributed by atoms with Gasteiger partial charge in [-0.15, -0.1) is 13.2 Å². The molecule has 4 aromatic rings. The molecule has 3 aromatic carbocycles. The third-order valence-corrected chi connectivity index (χ3v) is 5.11. The summed E-state index contributed by atoms with van der Waals surface area (Å²) in [6, 6.07) is 12.0. The van der Waals surface area contributed by atoms with Crippen LogP contribution in [0.5, 0.6) is 17.2 Å². The Bertz CT molecular complexity index is 1480. The summed E-state index contributed by atoms with van der Waals surface area (Å²) in [7, 11) is 0. The van der Waals surface area contributed by atoms with E-state index in [2.05, 4.69) is 17.9 Å². The van der Waals surface area contributed by atoms with E-state index in [0.717, 1.165) is 12.2 Å². The number of benzene rings is 3. The summed E-state index contributed by atoms with van der Waals surface area (Å²) < 4.78 is 60.6. The van der Waals surface area contributed by atoms with Crippen LogP contribution in [-0.2, 0) is 9.59 Å². The van der Waals surface area contributed by atoms with Gasteiger partial charge in [-0.05, 0) is 48.9 Å². The van der Waals surface area contributed by atoms with Crippen LogP contribution in [0.3, 0.4) is 0 Å². The molecule has 0 bridgehead atoms. The molecule has 35 heavy (non-hydrogen) atoms. The molecule has 0 N–H and O–H groups in total. The van der Waals surface area contributed by atoms with E-state index in [9.17, 15) is 22.8 Å².